The maximum atomic E-state index is 12.1. The second-order valence-electron chi connectivity index (χ2n) is 5.83. The SMILES string of the molecule is Cc1cccc(OCCOc2cccc(/C=C3/SC(=S)N(C)C3=O)c2)c1. The molecule has 2 aromatic carbocycles. The molecule has 0 radical (unpaired) electrons. The van der Waals surface area contributed by atoms with E-state index in [4.69, 9.17) is 21.7 Å². The van der Waals surface area contributed by atoms with E-state index in [0.29, 0.717) is 22.4 Å². The van der Waals surface area contributed by atoms with Gasteiger partial charge in [-0.1, -0.05) is 48.2 Å². The third-order valence-corrected chi connectivity index (χ3v) is 5.24. The van der Waals surface area contributed by atoms with Crippen molar-refractivity contribution in [3.8, 4) is 11.5 Å². The Morgan fingerprint density at radius 1 is 1.08 bits per heavy atom. The van der Waals surface area contributed by atoms with E-state index in [0.717, 1.165) is 22.6 Å². The third-order valence-electron chi connectivity index (χ3n) is 3.75. The molecule has 1 heterocycles. The number of amides is 1. The first-order valence-electron chi connectivity index (χ1n) is 8.17. The van der Waals surface area contributed by atoms with Crippen LogP contribution in [-0.4, -0.2) is 35.4 Å². The maximum Gasteiger partial charge on any atom is 0.265 e. The summed E-state index contributed by atoms with van der Waals surface area (Å²) in [5, 5.41) is 0. The zero-order valence-electron chi connectivity index (χ0n) is 14.6. The van der Waals surface area contributed by atoms with Crippen LogP contribution in [-0.2, 0) is 4.79 Å². The lowest BCUT2D eigenvalue weighted by molar-refractivity contribution is -0.121. The van der Waals surface area contributed by atoms with Gasteiger partial charge < -0.3 is 9.47 Å². The Hall–Kier alpha value is -2.31. The summed E-state index contributed by atoms with van der Waals surface area (Å²) in [6.45, 7) is 2.93. The van der Waals surface area contributed by atoms with Gasteiger partial charge in [-0.3, -0.25) is 9.69 Å². The molecule has 6 heteroatoms. The molecule has 4 nitrogen and oxygen atoms in total. The molecule has 0 spiro atoms. The number of thiocarbonyl (C=S) groups is 1. The predicted molar refractivity (Wildman–Crippen MR) is 110 cm³/mol. The van der Waals surface area contributed by atoms with Gasteiger partial charge in [-0.25, -0.2) is 0 Å². The molecule has 1 aliphatic heterocycles. The summed E-state index contributed by atoms with van der Waals surface area (Å²) in [4.78, 5) is 14.2. The molecule has 134 valence electrons. The van der Waals surface area contributed by atoms with Crippen molar-refractivity contribution in [2.24, 2.45) is 0 Å². The van der Waals surface area contributed by atoms with Gasteiger partial charge in [-0.15, -0.1) is 0 Å². The average molecular weight is 386 g/mol. The smallest absolute Gasteiger partial charge is 0.265 e. The van der Waals surface area contributed by atoms with E-state index in [1.54, 1.807) is 7.05 Å². The molecule has 0 N–H and O–H groups in total. The highest BCUT2D eigenvalue weighted by molar-refractivity contribution is 8.26. The van der Waals surface area contributed by atoms with E-state index in [1.807, 2.05) is 61.5 Å². The number of thioether (sulfide) groups is 1. The molecule has 0 bridgehead atoms. The largest absolute Gasteiger partial charge is 0.490 e. The van der Waals surface area contributed by atoms with Crippen LogP contribution in [0.2, 0.25) is 0 Å². The highest BCUT2D eigenvalue weighted by Crippen LogP contribution is 2.31. The zero-order chi connectivity index (χ0) is 18.5. The van der Waals surface area contributed by atoms with Crippen LogP contribution in [0.15, 0.2) is 53.4 Å². The van der Waals surface area contributed by atoms with Crippen LogP contribution >= 0.6 is 24.0 Å². The normalized spacial score (nSPS) is 15.6. The Labute approximate surface area is 162 Å². The summed E-state index contributed by atoms with van der Waals surface area (Å²) < 4.78 is 12.0. The van der Waals surface area contributed by atoms with Crippen molar-refractivity contribution in [2.75, 3.05) is 20.3 Å². The topological polar surface area (TPSA) is 38.8 Å². The van der Waals surface area contributed by atoms with Gasteiger partial charge >= 0.3 is 0 Å². The molecule has 0 aliphatic carbocycles. The van der Waals surface area contributed by atoms with Crippen LogP contribution in [0.25, 0.3) is 6.08 Å². The van der Waals surface area contributed by atoms with Crippen LogP contribution < -0.4 is 9.47 Å². The van der Waals surface area contributed by atoms with Crippen molar-refractivity contribution < 1.29 is 14.3 Å². The number of hydrogen-bond acceptors (Lipinski definition) is 5. The molecule has 0 aromatic heterocycles. The van der Waals surface area contributed by atoms with Crippen LogP contribution in [0.5, 0.6) is 11.5 Å². The highest BCUT2D eigenvalue weighted by atomic mass is 32.2. The van der Waals surface area contributed by atoms with E-state index in [2.05, 4.69) is 0 Å². The molecule has 1 fully saturated rings. The van der Waals surface area contributed by atoms with Crippen LogP contribution in [0.3, 0.4) is 0 Å². The van der Waals surface area contributed by atoms with E-state index in [9.17, 15) is 4.79 Å². The van der Waals surface area contributed by atoms with Gasteiger partial charge in [0.15, 0.2) is 0 Å². The van der Waals surface area contributed by atoms with E-state index >= 15 is 0 Å². The first kappa shape index (κ1) is 18.5. The van der Waals surface area contributed by atoms with Crippen molar-refractivity contribution in [2.45, 2.75) is 6.92 Å². The second-order valence-corrected chi connectivity index (χ2v) is 7.50. The molecule has 2 aromatic rings. The lowest BCUT2D eigenvalue weighted by atomic mass is 10.2. The Morgan fingerprint density at radius 2 is 1.73 bits per heavy atom. The van der Waals surface area contributed by atoms with Gasteiger partial charge in [0.05, 0.1) is 4.91 Å². The lowest BCUT2D eigenvalue weighted by Gasteiger charge is -2.09. The number of carbonyl (C=O) groups is 1. The third kappa shape index (κ3) is 4.65. The Morgan fingerprint density at radius 3 is 2.35 bits per heavy atom. The van der Waals surface area contributed by atoms with Crippen molar-refractivity contribution in [1.82, 2.24) is 4.90 Å². The standard InChI is InChI=1S/C20H19NO3S2/c1-14-5-3-7-16(11-14)23-9-10-24-17-8-4-6-15(12-17)13-18-19(22)21(2)20(25)26-18/h3-8,11-13H,9-10H2,1-2H3/b18-13+. The number of ether oxygens (including phenoxy) is 2. The monoisotopic (exact) mass is 385 g/mol. The van der Waals surface area contributed by atoms with Crippen LogP contribution in [0.1, 0.15) is 11.1 Å². The lowest BCUT2D eigenvalue weighted by Crippen LogP contribution is -2.22. The fourth-order valence-electron chi connectivity index (χ4n) is 2.42. The fraction of sp³-hybridized carbons (Fsp3) is 0.200. The first-order chi connectivity index (χ1) is 12.5. The number of nitrogens with zero attached hydrogens (tertiary/aromatic N) is 1. The Kier molecular flexibility index (Phi) is 5.96. The minimum Gasteiger partial charge on any atom is -0.490 e. The summed E-state index contributed by atoms with van der Waals surface area (Å²) >= 11 is 6.46. The van der Waals surface area contributed by atoms with E-state index in [1.165, 1.54) is 16.7 Å². The summed E-state index contributed by atoms with van der Waals surface area (Å²) in [6.07, 6.45) is 1.83. The highest BCUT2D eigenvalue weighted by Gasteiger charge is 2.28. The Balaban J connectivity index is 1.56. The van der Waals surface area contributed by atoms with Gasteiger partial charge in [0.2, 0.25) is 0 Å². The molecular weight excluding hydrogens is 366 g/mol. The number of hydrogen-bond donors (Lipinski definition) is 0. The van der Waals surface area contributed by atoms with E-state index < -0.39 is 0 Å². The average Bonchev–Trinajstić information content (AvgIpc) is 2.86. The van der Waals surface area contributed by atoms with Gasteiger partial charge in [0, 0.05) is 7.05 Å². The molecule has 0 saturated carbocycles. The van der Waals surface area contributed by atoms with Crippen molar-refractivity contribution in [1.29, 1.82) is 0 Å². The number of benzene rings is 2. The molecule has 26 heavy (non-hydrogen) atoms. The van der Waals surface area contributed by atoms with Crippen LogP contribution in [0.4, 0.5) is 0 Å². The second kappa shape index (κ2) is 8.38. The maximum absolute atomic E-state index is 12.1. The fourth-order valence-corrected chi connectivity index (χ4v) is 3.59. The summed E-state index contributed by atoms with van der Waals surface area (Å²) in [5.74, 6) is 1.50. The van der Waals surface area contributed by atoms with Crippen molar-refractivity contribution in [3.05, 3.63) is 64.6 Å². The quantitative estimate of drug-likeness (QED) is 0.421. The molecule has 1 aliphatic rings. The molecule has 1 amide bonds. The molecule has 0 atom stereocenters. The van der Waals surface area contributed by atoms with Crippen LogP contribution in [0, 0.1) is 6.92 Å². The van der Waals surface area contributed by atoms with Crippen molar-refractivity contribution in [3.63, 3.8) is 0 Å². The predicted octanol–water partition coefficient (Wildman–Crippen LogP) is 4.28. The molecule has 0 unspecified atom stereocenters. The number of aryl methyl sites for hydroxylation is 1. The van der Waals surface area contributed by atoms with Gasteiger partial charge in [0.1, 0.15) is 29.0 Å². The van der Waals surface area contributed by atoms with E-state index in [-0.39, 0.29) is 5.91 Å². The number of likely N-dealkylation sites (N-methyl/N-ethyl adjacent to an activating group) is 1. The van der Waals surface area contributed by atoms with Gasteiger partial charge in [-0.2, -0.15) is 0 Å². The Bertz CT molecular complexity index is 864. The number of rotatable bonds is 6. The summed E-state index contributed by atoms with van der Waals surface area (Å²) in [7, 11) is 1.69. The zero-order valence-corrected chi connectivity index (χ0v) is 16.2. The molecule has 1 saturated heterocycles. The molecular formula is C20H19NO3S2. The van der Waals surface area contributed by atoms with Crippen molar-refractivity contribution >= 4 is 40.3 Å². The minimum atomic E-state index is -0.0714. The van der Waals surface area contributed by atoms with Gasteiger partial charge in [-0.05, 0) is 48.4 Å². The summed E-state index contributed by atoms with van der Waals surface area (Å²) in [6, 6.07) is 15.5. The number of carbonyl (C=O) groups excluding carboxylic acids is 1. The van der Waals surface area contributed by atoms with Gasteiger partial charge in [0.25, 0.3) is 5.91 Å². The first-order valence-corrected chi connectivity index (χ1v) is 9.39. The minimum absolute atomic E-state index is 0.0714. The molecule has 3 rings (SSSR count). The summed E-state index contributed by atoms with van der Waals surface area (Å²) in [5.41, 5.74) is 2.06.